The Balaban J connectivity index is 2.42. The van der Waals surface area contributed by atoms with Crippen LogP contribution in [-0.4, -0.2) is 5.38 Å². The Bertz CT molecular complexity index is 387. The van der Waals surface area contributed by atoms with Crippen molar-refractivity contribution < 1.29 is 4.39 Å². The molecule has 2 rings (SSSR count). The van der Waals surface area contributed by atoms with Gasteiger partial charge in [0.15, 0.2) is 0 Å². The van der Waals surface area contributed by atoms with Gasteiger partial charge >= 0.3 is 0 Å². The Kier molecular flexibility index (Phi) is 2.93. The maximum atomic E-state index is 13.6. The largest absolute Gasteiger partial charge is 0.205 e. The van der Waals surface area contributed by atoms with Crippen molar-refractivity contribution >= 4 is 33.1 Å². The van der Waals surface area contributed by atoms with Gasteiger partial charge in [0.05, 0.1) is 9.85 Å². The Hall–Kier alpha value is -0.340. The van der Waals surface area contributed by atoms with E-state index in [2.05, 4.69) is 15.9 Å². The summed E-state index contributed by atoms with van der Waals surface area (Å²) in [5.74, 6) is -0.190. The molecular formula is C11H9BrClF. The van der Waals surface area contributed by atoms with Crippen LogP contribution in [0, 0.1) is 5.82 Å². The van der Waals surface area contributed by atoms with Crippen molar-refractivity contribution in [3.63, 3.8) is 0 Å². The van der Waals surface area contributed by atoms with Crippen LogP contribution in [0.15, 0.2) is 28.7 Å². The van der Waals surface area contributed by atoms with Crippen molar-refractivity contribution in [1.82, 2.24) is 0 Å². The van der Waals surface area contributed by atoms with Gasteiger partial charge in [-0.25, -0.2) is 4.39 Å². The lowest BCUT2D eigenvalue weighted by molar-refractivity contribution is 0.616. The third-order valence-corrected chi connectivity index (χ3v) is 3.33. The van der Waals surface area contributed by atoms with Crippen LogP contribution in [-0.2, 0) is 0 Å². The summed E-state index contributed by atoms with van der Waals surface area (Å²) in [6.45, 7) is 0. The first-order chi connectivity index (χ1) is 6.68. The summed E-state index contributed by atoms with van der Waals surface area (Å²) in [5, 5.41) is 0.0587. The Morgan fingerprint density at radius 2 is 2.21 bits per heavy atom. The molecule has 0 aliphatic heterocycles. The summed E-state index contributed by atoms with van der Waals surface area (Å²) < 4.78 is 14.2. The van der Waals surface area contributed by atoms with Crippen LogP contribution < -0.4 is 0 Å². The van der Waals surface area contributed by atoms with E-state index in [-0.39, 0.29) is 11.2 Å². The van der Waals surface area contributed by atoms with E-state index in [4.69, 9.17) is 11.6 Å². The van der Waals surface area contributed by atoms with Crippen LogP contribution >= 0.6 is 27.5 Å². The van der Waals surface area contributed by atoms with E-state index < -0.39 is 0 Å². The van der Waals surface area contributed by atoms with E-state index in [0.717, 1.165) is 18.4 Å². The number of halogens is 3. The molecule has 0 saturated heterocycles. The molecule has 1 aromatic rings. The Morgan fingerprint density at radius 1 is 1.43 bits per heavy atom. The summed E-state index contributed by atoms with van der Waals surface area (Å²) in [6.07, 6.45) is 3.71. The summed E-state index contributed by atoms with van der Waals surface area (Å²) in [5.41, 5.74) is 1.69. The highest BCUT2D eigenvalue weighted by atomic mass is 79.9. The first kappa shape index (κ1) is 10.2. The first-order valence-electron chi connectivity index (χ1n) is 4.47. The predicted molar refractivity (Wildman–Crippen MR) is 61.0 cm³/mol. The molecule has 1 aromatic carbocycles. The highest BCUT2D eigenvalue weighted by Gasteiger charge is 2.17. The molecule has 1 atom stereocenters. The van der Waals surface area contributed by atoms with Crippen LogP contribution in [0.5, 0.6) is 0 Å². The smallest absolute Gasteiger partial charge is 0.144 e. The van der Waals surface area contributed by atoms with E-state index in [1.54, 1.807) is 12.1 Å². The van der Waals surface area contributed by atoms with Crippen molar-refractivity contribution in [2.45, 2.75) is 18.2 Å². The molecule has 74 valence electrons. The maximum absolute atomic E-state index is 13.6. The molecular weight excluding hydrogens is 266 g/mol. The van der Waals surface area contributed by atoms with E-state index in [1.165, 1.54) is 0 Å². The van der Waals surface area contributed by atoms with Crippen molar-refractivity contribution in [3.05, 3.63) is 40.1 Å². The lowest BCUT2D eigenvalue weighted by Crippen LogP contribution is -1.88. The van der Waals surface area contributed by atoms with Gasteiger partial charge in [-0.1, -0.05) is 18.2 Å². The van der Waals surface area contributed by atoms with Crippen LogP contribution in [0.1, 0.15) is 18.4 Å². The minimum atomic E-state index is -0.190. The van der Waals surface area contributed by atoms with Gasteiger partial charge in [-0.3, -0.25) is 0 Å². The molecule has 1 aliphatic rings. The summed E-state index contributed by atoms with van der Waals surface area (Å²) in [7, 11) is 0. The average Bonchev–Trinajstić information content (AvgIpc) is 2.57. The normalized spacial score (nSPS) is 21.1. The number of rotatable bonds is 1. The molecule has 14 heavy (non-hydrogen) atoms. The first-order valence-corrected chi connectivity index (χ1v) is 5.70. The highest BCUT2D eigenvalue weighted by Crippen LogP contribution is 2.33. The predicted octanol–water partition coefficient (Wildman–Crippen LogP) is 4.37. The summed E-state index contributed by atoms with van der Waals surface area (Å²) in [6, 6.07) is 5.33. The minimum Gasteiger partial charge on any atom is -0.205 e. The molecule has 1 unspecified atom stereocenters. The van der Waals surface area contributed by atoms with Crippen LogP contribution in [0.2, 0.25) is 0 Å². The second-order valence-corrected chi connectivity index (χ2v) is 4.76. The molecule has 0 spiro atoms. The lowest BCUT2D eigenvalue weighted by atomic mass is 10.1. The Labute approximate surface area is 95.9 Å². The average molecular weight is 276 g/mol. The molecule has 3 heteroatoms. The molecule has 0 N–H and O–H groups in total. The monoisotopic (exact) mass is 274 g/mol. The van der Waals surface area contributed by atoms with Crippen LogP contribution in [0.25, 0.3) is 5.57 Å². The van der Waals surface area contributed by atoms with Crippen LogP contribution in [0.4, 0.5) is 4.39 Å². The third kappa shape index (κ3) is 1.86. The third-order valence-electron chi connectivity index (χ3n) is 2.37. The number of hydrogen-bond acceptors (Lipinski definition) is 0. The number of hydrogen-bond donors (Lipinski definition) is 0. The van der Waals surface area contributed by atoms with Crippen molar-refractivity contribution in [2.75, 3.05) is 0 Å². The fourth-order valence-corrected chi connectivity index (χ4v) is 2.28. The molecule has 0 heterocycles. The molecule has 0 saturated carbocycles. The van der Waals surface area contributed by atoms with Gasteiger partial charge in [0, 0.05) is 5.56 Å². The van der Waals surface area contributed by atoms with Gasteiger partial charge in [-0.2, -0.15) is 0 Å². The fraction of sp³-hybridized carbons (Fsp3) is 0.273. The highest BCUT2D eigenvalue weighted by molar-refractivity contribution is 9.10. The van der Waals surface area contributed by atoms with E-state index in [0.29, 0.717) is 10.0 Å². The van der Waals surface area contributed by atoms with Gasteiger partial charge in [0.2, 0.25) is 0 Å². The zero-order valence-corrected chi connectivity index (χ0v) is 9.78. The van der Waals surface area contributed by atoms with Gasteiger partial charge in [0.1, 0.15) is 5.82 Å². The quantitative estimate of drug-likeness (QED) is 0.668. The lowest BCUT2D eigenvalue weighted by Gasteiger charge is -2.04. The Morgan fingerprint density at radius 3 is 2.86 bits per heavy atom. The van der Waals surface area contributed by atoms with Gasteiger partial charge < -0.3 is 0 Å². The molecule has 0 fully saturated rings. The number of allylic oxidation sites excluding steroid dienone is 2. The number of benzene rings is 1. The molecule has 0 bridgehead atoms. The van der Waals surface area contributed by atoms with Gasteiger partial charge in [-0.15, -0.1) is 11.6 Å². The summed E-state index contributed by atoms with van der Waals surface area (Å²) >= 11 is 9.11. The fourth-order valence-electron chi connectivity index (χ4n) is 1.65. The van der Waals surface area contributed by atoms with Gasteiger partial charge in [-0.05, 0) is 40.4 Å². The molecule has 0 amide bonds. The molecule has 1 aliphatic carbocycles. The minimum absolute atomic E-state index is 0.0587. The molecule has 0 radical (unpaired) electrons. The summed E-state index contributed by atoms with van der Waals surface area (Å²) in [4.78, 5) is 0. The van der Waals surface area contributed by atoms with Crippen molar-refractivity contribution in [3.8, 4) is 0 Å². The van der Waals surface area contributed by atoms with Crippen molar-refractivity contribution in [1.29, 1.82) is 0 Å². The van der Waals surface area contributed by atoms with Gasteiger partial charge in [0.25, 0.3) is 0 Å². The molecule has 0 nitrogen and oxygen atoms in total. The van der Waals surface area contributed by atoms with E-state index >= 15 is 0 Å². The second kappa shape index (κ2) is 4.03. The maximum Gasteiger partial charge on any atom is 0.144 e. The molecule has 0 aromatic heterocycles. The zero-order chi connectivity index (χ0) is 10.1. The van der Waals surface area contributed by atoms with Crippen LogP contribution in [0.3, 0.4) is 0 Å². The number of alkyl halides is 1. The second-order valence-electron chi connectivity index (χ2n) is 3.35. The SMILES string of the molecule is Fc1c(Br)cccc1C1=CC(Cl)CC1. The zero-order valence-electron chi connectivity index (χ0n) is 7.43. The van der Waals surface area contributed by atoms with E-state index in [9.17, 15) is 4.39 Å². The standard InChI is InChI=1S/C11H9BrClF/c12-10-3-1-2-9(11(10)14)7-4-5-8(13)6-7/h1-3,6,8H,4-5H2. The van der Waals surface area contributed by atoms with E-state index in [1.807, 2.05) is 12.1 Å². The topological polar surface area (TPSA) is 0 Å². The van der Waals surface area contributed by atoms with Crippen molar-refractivity contribution in [2.24, 2.45) is 0 Å².